The van der Waals surface area contributed by atoms with Gasteiger partial charge < -0.3 is 14.8 Å². The van der Waals surface area contributed by atoms with Gasteiger partial charge in [0.1, 0.15) is 17.6 Å². The largest absolute Gasteiger partial charge is 0.369 e. The van der Waals surface area contributed by atoms with E-state index in [9.17, 15) is 9.59 Å². The summed E-state index contributed by atoms with van der Waals surface area (Å²) in [4.78, 5) is 31.8. The van der Waals surface area contributed by atoms with E-state index in [1.165, 1.54) is 22.2 Å². The lowest BCUT2D eigenvalue weighted by Crippen LogP contribution is -2.30. The van der Waals surface area contributed by atoms with Crippen molar-refractivity contribution >= 4 is 51.2 Å². The Morgan fingerprint density at radius 1 is 1.37 bits per heavy atom. The predicted molar refractivity (Wildman–Crippen MR) is 126 cm³/mol. The van der Waals surface area contributed by atoms with Gasteiger partial charge in [-0.25, -0.2) is 4.98 Å². The van der Waals surface area contributed by atoms with Crippen LogP contribution in [0.1, 0.15) is 20.8 Å². The van der Waals surface area contributed by atoms with E-state index in [2.05, 4.69) is 42.6 Å². The molecule has 0 aliphatic heterocycles. The van der Waals surface area contributed by atoms with E-state index in [-0.39, 0.29) is 18.0 Å². The molecule has 0 unspecified atom stereocenters. The molecule has 0 saturated heterocycles. The fourth-order valence-corrected chi connectivity index (χ4v) is 4.63. The van der Waals surface area contributed by atoms with Crippen LogP contribution in [0.5, 0.6) is 0 Å². The highest BCUT2D eigenvalue weighted by Gasteiger charge is 2.14. The number of benzene rings is 1. The van der Waals surface area contributed by atoms with E-state index in [4.69, 9.17) is 12.2 Å². The Labute approximate surface area is 184 Å². The molecule has 7 nitrogen and oxygen atoms in total. The summed E-state index contributed by atoms with van der Waals surface area (Å²) in [5.74, 6) is -0.295. The highest BCUT2D eigenvalue weighted by atomic mass is 32.1. The summed E-state index contributed by atoms with van der Waals surface area (Å²) in [7, 11) is 0. The molecule has 0 spiro atoms. The van der Waals surface area contributed by atoms with Crippen molar-refractivity contribution in [1.82, 2.24) is 14.1 Å². The van der Waals surface area contributed by atoms with E-state index in [1.54, 1.807) is 10.6 Å². The van der Waals surface area contributed by atoms with Gasteiger partial charge >= 0.3 is 0 Å². The number of hydrogen-bond acceptors (Lipinski definition) is 6. The Hall–Kier alpha value is -2.78. The van der Waals surface area contributed by atoms with E-state index in [0.717, 1.165) is 12.2 Å². The fraction of sp³-hybridized carbons (Fsp3) is 0.333. The Kier molecular flexibility index (Phi) is 6.84. The molecule has 158 valence electrons. The van der Waals surface area contributed by atoms with Gasteiger partial charge in [0.2, 0.25) is 5.91 Å². The van der Waals surface area contributed by atoms with Gasteiger partial charge in [-0.2, -0.15) is 0 Å². The summed E-state index contributed by atoms with van der Waals surface area (Å²) in [6.45, 7) is 11.4. The molecule has 3 aromatic rings. The summed E-state index contributed by atoms with van der Waals surface area (Å²) >= 11 is 6.51. The van der Waals surface area contributed by atoms with Crippen LogP contribution in [-0.4, -0.2) is 32.6 Å². The van der Waals surface area contributed by atoms with Crippen molar-refractivity contribution in [1.29, 1.82) is 0 Å². The Balaban J connectivity index is 1.76. The number of thiazole rings is 1. The SMILES string of the molecule is C=CCn1c(=S)sc2c(=O)n(CC(=O)Nc3ccc(N(CC)C(C)C)cc3)cnc21. The Morgan fingerprint density at radius 3 is 2.67 bits per heavy atom. The third-order valence-corrected chi connectivity index (χ3v) is 6.14. The Bertz CT molecular complexity index is 1170. The first kappa shape index (κ1) is 21.9. The average Bonchev–Trinajstić information content (AvgIpc) is 3.02. The summed E-state index contributed by atoms with van der Waals surface area (Å²) in [5.41, 5.74) is 2.02. The zero-order chi connectivity index (χ0) is 21.8. The van der Waals surface area contributed by atoms with Crippen LogP contribution in [0.3, 0.4) is 0 Å². The van der Waals surface area contributed by atoms with Crippen LogP contribution in [0, 0.1) is 3.95 Å². The molecule has 0 aliphatic carbocycles. The molecule has 0 radical (unpaired) electrons. The minimum atomic E-state index is -0.295. The van der Waals surface area contributed by atoms with Gasteiger partial charge in [0.05, 0.1) is 0 Å². The van der Waals surface area contributed by atoms with E-state index >= 15 is 0 Å². The normalized spacial score (nSPS) is 11.1. The summed E-state index contributed by atoms with van der Waals surface area (Å²) in [6, 6.07) is 8.08. The first-order chi connectivity index (χ1) is 14.3. The summed E-state index contributed by atoms with van der Waals surface area (Å²) in [6.07, 6.45) is 3.09. The minimum absolute atomic E-state index is 0.122. The van der Waals surface area contributed by atoms with Gasteiger partial charge in [-0.3, -0.25) is 14.2 Å². The van der Waals surface area contributed by atoms with Crippen LogP contribution < -0.4 is 15.8 Å². The number of rotatable bonds is 8. The number of aromatic nitrogens is 3. The molecule has 0 atom stereocenters. The van der Waals surface area contributed by atoms with Gasteiger partial charge in [-0.1, -0.05) is 17.4 Å². The number of carbonyl (C=O) groups excluding carboxylic acids is 1. The zero-order valence-electron chi connectivity index (χ0n) is 17.3. The van der Waals surface area contributed by atoms with Gasteiger partial charge in [0.25, 0.3) is 5.56 Å². The molecular formula is C21H25N5O2S2. The monoisotopic (exact) mass is 443 g/mol. The second kappa shape index (κ2) is 9.36. The molecule has 3 rings (SSSR count). The fourth-order valence-electron chi connectivity index (χ4n) is 3.31. The van der Waals surface area contributed by atoms with Crippen LogP contribution in [0.15, 0.2) is 48.0 Å². The van der Waals surface area contributed by atoms with Gasteiger partial charge in [0.15, 0.2) is 9.60 Å². The number of fused-ring (bicyclic) bond motifs is 1. The van der Waals surface area contributed by atoms with Crippen molar-refractivity contribution in [3.8, 4) is 0 Å². The summed E-state index contributed by atoms with van der Waals surface area (Å²) < 4.78 is 4.05. The van der Waals surface area contributed by atoms with E-state index in [1.807, 2.05) is 24.3 Å². The lowest BCUT2D eigenvalue weighted by Gasteiger charge is -2.27. The zero-order valence-corrected chi connectivity index (χ0v) is 18.9. The van der Waals surface area contributed by atoms with Crippen molar-refractivity contribution in [2.75, 3.05) is 16.8 Å². The number of nitrogens with one attached hydrogen (secondary N) is 1. The number of amides is 1. The van der Waals surface area contributed by atoms with Crippen molar-refractivity contribution in [3.63, 3.8) is 0 Å². The smallest absolute Gasteiger partial charge is 0.273 e. The quantitative estimate of drug-likeness (QED) is 0.420. The molecule has 0 aliphatic rings. The molecule has 2 heterocycles. The molecule has 0 bridgehead atoms. The number of nitrogens with zero attached hydrogens (tertiary/aromatic N) is 4. The highest BCUT2D eigenvalue weighted by Crippen LogP contribution is 2.20. The molecule has 1 amide bonds. The lowest BCUT2D eigenvalue weighted by atomic mass is 10.2. The number of allylic oxidation sites excluding steroid dienone is 1. The number of carbonyl (C=O) groups is 1. The van der Waals surface area contributed by atoms with Crippen LogP contribution in [0.4, 0.5) is 11.4 Å². The molecule has 30 heavy (non-hydrogen) atoms. The van der Waals surface area contributed by atoms with Crippen LogP contribution in [0.25, 0.3) is 10.3 Å². The summed E-state index contributed by atoms with van der Waals surface area (Å²) in [5, 5.41) is 2.84. The van der Waals surface area contributed by atoms with Crippen molar-refractivity contribution < 1.29 is 4.79 Å². The second-order valence-electron chi connectivity index (χ2n) is 7.07. The Morgan fingerprint density at radius 2 is 2.07 bits per heavy atom. The maximum atomic E-state index is 12.8. The molecule has 1 N–H and O–H groups in total. The van der Waals surface area contributed by atoms with Gasteiger partial charge in [-0.15, -0.1) is 6.58 Å². The first-order valence-corrected chi connectivity index (χ1v) is 10.9. The lowest BCUT2D eigenvalue weighted by molar-refractivity contribution is -0.116. The first-order valence-electron chi connectivity index (χ1n) is 9.72. The maximum absolute atomic E-state index is 12.8. The minimum Gasteiger partial charge on any atom is -0.369 e. The van der Waals surface area contributed by atoms with Crippen molar-refractivity contribution in [2.24, 2.45) is 0 Å². The number of hydrogen-bond donors (Lipinski definition) is 1. The van der Waals surface area contributed by atoms with Crippen LogP contribution in [-0.2, 0) is 17.9 Å². The average molecular weight is 444 g/mol. The van der Waals surface area contributed by atoms with Crippen LogP contribution in [0.2, 0.25) is 0 Å². The number of anilines is 2. The molecule has 0 saturated carbocycles. The molecule has 9 heteroatoms. The second-order valence-corrected chi connectivity index (χ2v) is 8.72. The van der Waals surface area contributed by atoms with Gasteiger partial charge in [0, 0.05) is 30.5 Å². The molecular weight excluding hydrogens is 418 g/mol. The third kappa shape index (κ3) is 4.52. The molecule has 2 aromatic heterocycles. The van der Waals surface area contributed by atoms with Crippen LogP contribution >= 0.6 is 23.6 Å². The van der Waals surface area contributed by atoms with Crippen molar-refractivity contribution in [3.05, 3.63) is 57.6 Å². The maximum Gasteiger partial charge on any atom is 0.273 e. The molecule has 0 fully saturated rings. The van der Waals surface area contributed by atoms with Gasteiger partial charge in [-0.05, 0) is 57.3 Å². The predicted octanol–water partition coefficient (Wildman–Crippen LogP) is 4.05. The van der Waals surface area contributed by atoms with E-state index in [0.29, 0.717) is 32.6 Å². The molecule has 1 aromatic carbocycles. The topological polar surface area (TPSA) is 72.2 Å². The van der Waals surface area contributed by atoms with E-state index < -0.39 is 0 Å². The van der Waals surface area contributed by atoms with Crippen molar-refractivity contribution in [2.45, 2.75) is 39.9 Å². The highest BCUT2D eigenvalue weighted by molar-refractivity contribution is 7.73. The standard InChI is InChI=1S/C21H25N5O2S2/c1-5-11-26-19-18(30-21(26)29)20(28)24(13-22-19)12-17(27)23-15-7-9-16(10-8-15)25(6-2)14(3)4/h5,7-10,13-14H,1,6,11-12H2,2-4H3,(H,23,27). The third-order valence-electron chi connectivity index (χ3n) is 4.72.